The van der Waals surface area contributed by atoms with Crippen LogP contribution in [0.3, 0.4) is 0 Å². The minimum Gasteiger partial charge on any atom is -2.00 e. The molecule has 0 atom stereocenters. The number of rotatable bonds is 0. The van der Waals surface area contributed by atoms with Crippen molar-refractivity contribution in [1.29, 1.82) is 0 Å². The van der Waals surface area contributed by atoms with Crippen LogP contribution in [0.4, 0.5) is 0 Å². The van der Waals surface area contributed by atoms with Gasteiger partial charge >= 0.3 is 34.1 Å². The quantitative estimate of drug-likeness (QED) is 0.504. The van der Waals surface area contributed by atoms with E-state index in [9.17, 15) is 0 Å². The van der Waals surface area contributed by atoms with Gasteiger partial charge in [0.1, 0.15) is 0 Å². The Balaban J connectivity index is 0. The van der Waals surface area contributed by atoms with Crippen molar-refractivity contribution in [1.82, 2.24) is 0 Å². The molecule has 0 aromatic rings. The van der Waals surface area contributed by atoms with Crippen LogP contribution in [0.25, 0.3) is 0 Å². The fraction of sp³-hybridized carbons (Fsp3) is 0. The number of hydrogen-bond acceptors (Lipinski definition) is 0. The summed E-state index contributed by atoms with van der Waals surface area (Å²) in [6, 6.07) is 0. The van der Waals surface area contributed by atoms with Gasteiger partial charge in [0, 0.05) is 0 Å². The Hall–Kier alpha value is 1.91. The average molecular weight is 238 g/mol. The first kappa shape index (κ1) is 39.1. The van der Waals surface area contributed by atoms with Gasteiger partial charge in [-0.05, 0) is 0 Å². The smallest absolute Gasteiger partial charge is 2.00 e. The van der Waals surface area contributed by atoms with E-state index in [2.05, 4.69) is 0 Å². The van der Waals surface area contributed by atoms with Crippen molar-refractivity contribution in [3.63, 3.8) is 0 Å². The molecule has 0 aromatic heterocycles. The molecule has 4 heavy (non-hydrogen) atoms. The van der Waals surface area contributed by atoms with Gasteiger partial charge in [-0.25, -0.2) is 0 Å². The van der Waals surface area contributed by atoms with Crippen LogP contribution < -0.4 is 0 Å². The summed E-state index contributed by atoms with van der Waals surface area (Å²) in [5, 5.41) is 0. The molecule has 0 saturated heterocycles. The molecule has 0 saturated carbocycles. The molecule has 2 radical (unpaired) electrons. The molecule has 0 amide bonds. The van der Waals surface area contributed by atoms with Gasteiger partial charge < -0.3 is 30.6 Å². The summed E-state index contributed by atoms with van der Waals surface area (Å²) < 4.78 is 0. The molecule has 0 rings (SSSR count). The molecule has 0 bridgehead atoms. The minimum atomic E-state index is 0. The van der Waals surface area contributed by atoms with E-state index >= 15 is 0 Å². The predicted molar refractivity (Wildman–Crippen MR) is 13.1 cm³/mol. The third-order valence-electron chi connectivity index (χ3n) is 0. The van der Waals surface area contributed by atoms with Crippen molar-refractivity contribution in [2.24, 2.45) is 0 Å². The predicted octanol–water partition coefficient (Wildman–Crippen LogP) is -0.388. The average Bonchev–Trinajstić information content (AvgIpc) is 0. The van der Waals surface area contributed by atoms with Gasteiger partial charge in [-0.2, -0.15) is 0 Å². The van der Waals surface area contributed by atoms with Gasteiger partial charge in [-0.1, -0.05) is 0 Å². The zero-order chi connectivity index (χ0) is 0. The van der Waals surface area contributed by atoms with Gasteiger partial charge in [0.05, 0.1) is 0 Å². The molecule has 0 aliphatic heterocycles. The van der Waals surface area contributed by atoms with Gasteiger partial charge in [-0.15, -0.1) is 0 Å². The minimum absolute atomic E-state index is 0. The van der Waals surface area contributed by atoms with Crippen molar-refractivity contribution in [2.75, 3.05) is 0 Å². The maximum absolute atomic E-state index is 0. The molecule has 0 aliphatic rings. The molecule has 0 fully saturated rings. The van der Waals surface area contributed by atoms with Crippen LogP contribution in [-0.2, 0) is 47.6 Å². The van der Waals surface area contributed by atoms with Gasteiger partial charge in [0.2, 0.25) is 0 Å². The van der Waals surface area contributed by atoms with Crippen molar-refractivity contribution in [3.05, 3.63) is 0 Å². The summed E-state index contributed by atoms with van der Waals surface area (Å²) in [5.74, 6) is 0. The summed E-state index contributed by atoms with van der Waals surface area (Å²) in [5.41, 5.74) is 0. The second-order valence-corrected chi connectivity index (χ2v) is 0. The summed E-state index contributed by atoms with van der Waals surface area (Å²) in [4.78, 5) is 0. The van der Waals surface area contributed by atoms with E-state index in [1.165, 1.54) is 0 Å². The Morgan fingerprint density at radius 1 is 0.750 bits per heavy atom. The van der Waals surface area contributed by atoms with Gasteiger partial charge in [0.15, 0.2) is 0 Å². The van der Waals surface area contributed by atoms with E-state index in [1.54, 1.807) is 0 Å². The van der Waals surface area contributed by atoms with Crippen LogP contribution in [0, 0.1) is 0 Å². The third-order valence-corrected chi connectivity index (χ3v) is 0. The fourth-order valence-corrected chi connectivity index (χ4v) is 0. The molecular formula is Cu2SSe. The van der Waals surface area contributed by atoms with E-state index in [1.807, 2.05) is 0 Å². The molecule has 0 heterocycles. The van der Waals surface area contributed by atoms with Crippen LogP contribution >= 0.6 is 0 Å². The largest absolute Gasteiger partial charge is 2.00 e. The monoisotopic (exact) mass is 238 g/mol. The van der Waals surface area contributed by atoms with E-state index in [-0.39, 0.29) is 64.7 Å². The molecule has 0 N–H and O–H groups in total. The molecule has 0 spiro atoms. The van der Waals surface area contributed by atoms with Crippen LogP contribution in [0.15, 0.2) is 0 Å². The summed E-state index contributed by atoms with van der Waals surface area (Å²) in [6.07, 6.45) is 0. The van der Waals surface area contributed by atoms with E-state index in [4.69, 9.17) is 0 Å². The Morgan fingerprint density at radius 3 is 0.750 bits per heavy atom. The zero-order valence-electron chi connectivity index (χ0n) is 1.42. The van der Waals surface area contributed by atoms with Crippen molar-refractivity contribution in [3.8, 4) is 0 Å². The Bertz CT molecular complexity index is 6.00. The zero-order valence-corrected chi connectivity index (χ0v) is 5.83. The Morgan fingerprint density at radius 2 is 0.750 bits per heavy atom. The first-order valence-corrected chi connectivity index (χ1v) is 0. The fourth-order valence-electron chi connectivity index (χ4n) is 0. The van der Waals surface area contributed by atoms with Gasteiger partial charge in [-0.3, -0.25) is 0 Å². The molecule has 34 valence electrons. The molecule has 0 unspecified atom stereocenters. The van der Waals surface area contributed by atoms with Crippen LogP contribution in [0.2, 0.25) is 0 Å². The Labute approximate surface area is 64.3 Å². The first-order valence-electron chi connectivity index (χ1n) is 0. The second kappa shape index (κ2) is 20.6. The van der Waals surface area contributed by atoms with E-state index in [0.717, 1.165) is 0 Å². The van der Waals surface area contributed by atoms with Crippen molar-refractivity contribution < 1.29 is 34.1 Å². The normalized spacial score (nSPS) is 0. The standard InChI is InChI=1S/2Cu.S.Se/q2*+2;2*-2. The molecular weight excluding hydrogens is 238 g/mol. The van der Waals surface area contributed by atoms with Crippen LogP contribution in [-0.4, -0.2) is 17.1 Å². The molecule has 0 aromatic carbocycles. The topological polar surface area (TPSA) is 0 Å². The summed E-state index contributed by atoms with van der Waals surface area (Å²) in [7, 11) is 0. The summed E-state index contributed by atoms with van der Waals surface area (Å²) in [6.45, 7) is 0. The maximum Gasteiger partial charge on any atom is 2.00 e. The van der Waals surface area contributed by atoms with Crippen LogP contribution in [0.5, 0.6) is 0 Å². The van der Waals surface area contributed by atoms with E-state index in [0.29, 0.717) is 0 Å². The Kier molecular flexibility index (Phi) is 201. The third kappa shape index (κ3) is 9.08. The molecule has 0 aliphatic carbocycles. The first-order chi connectivity index (χ1) is 0. The van der Waals surface area contributed by atoms with Crippen molar-refractivity contribution >= 4 is 30.6 Å². The van der Waals surface area contributed by atoms with Gasteiger partial charge in [0.25, 0.3) is 0 Å². The molecule has 0 nitrogen and oxygen atoms in total. The summed E-state index contributed by atoms with van der Waals surface area (Å²) >= 11 is 0. The maximum atomic E-state index is 0. The second-order valence-electron chi connectivity index (χ2n) is 0. The SMILES string of the molecule is [Cu+2].[Cu+2].[S-2].[Se-2]. The van der Waals surface area contributed by atoms with Crippen LogP contribution in [0.1, 0.15) is 0 Å². The molecule has 4 heteroatoms. The van der Waals surface area contributed by atoms with Crippen molar-refractivity contribution in [2.45, 2.75) is 0 Å². The van der Waals surface area contributed by atoms with E-state index < -0.39 is 0 Å². The number of hydrogen-bond donors (Lipinski definition) is 0.